The van der Waals surface area contributed by atoms with Crippen LogP contribution in [0.1, 0.15) is 18.2 Å². The standard InChI is InChI=1S/C29H27N3O3.BF4/c1-5-20-11-16-26-24(17-20)25(18-27(35-26)21-12-14-23(34-4)15-13-21)30-28-19(2)31(3)32(29(28)33)22-9-7-6-8-10-22;2-1(3,4)5/h6-18H,5H2,1-4H3;/q;-1/p+1. The van der Waals surface area contributed by atoms with Crippen LogP contribution in [0.4, 0.5) is 23.0 Å². The molecule has 11 heteroatoms. The van der Waals surface area contributed by atoms with Crippen molar-refractivity contribution in [2.24, 2.45) is 7.05 Å². The van der Waals surface area contributed by atoms with E-state index in [1.54, 1.807) is 11.8 Å². The lowest BCUT2D eigenvalue weighted by atomic mass is 10.1. The van der Waals surface area contributed by atoms with Crippen LogP contribution in [0.25, 0.3) is 28.0 Å². The van der Waals surface area contributed by atoms with Gasteiger partial charge in [0.2, 0.25) is 5.36 Å². The van der Waals surface area contributed by atoms with E-state index in [0.29, 0.717) is 11.4 Å². The summed E-state index contributed by atoms with van der Waals surface area (Å²) in [4.78, 5) is 17.0. The zero-order valence-corrected chi connectivity index (χ0v) is 22.4. The molecule has 2 heterocycles. The third-order valence-corrected chi connectivity index (χ3v) is 6.43. The SMILES string of the molecule is CCc1ccc2oc(-c3ccc(OC)cc3)cc(=[NH+]c3c(C)n(C)n(-c4ccccc4)c3=O)c2c1.F[B-](F)(F)F. The third kappa shape index (κ3) is 6.36. The number of para-hydroxylation sites is 1. The monoisotopic (exact) mass is 553 g/mol. The number of ether oxygens (including phenoxy) is 1. The highest BCUT2D eigenvalue weighted by Crippen LogP contribution is 2.24. The first kappa shape index (κ1) is 28.5. The molecule has 40 heavy (non-hydrogen) atoms. The molecular formula is C29H28BF4N3O3. The van der Waals surface area contributed by atoms with E-state index in [2.05, 4.69) is 24.0 Å². The van der Waals surface area contributed by atoms with E-state index in [0.717, 1.165) is 45.4 Å². The Labute approximate surface area is 227 Å². The van der Waals surface area contributed by atoms with Gasteiger partial charge in [0.15, 0.2) is 0 Å². The van der Waals surface area contributed by atoms with Crippen molar-refractivity contribution < 1.29 is 31.4 Å². The molecular weight excluding hydrogens is 525 g/mol. The predicted molar refractivity (Wildman–Crippen MR) is 147 cm³/mol. The van der Waals surface area contributed by atoms with Crippen LogP contribution in [0.5, 0.6) is 5.75 Å². The summed E-state index contributed by atoms with van der Waals surface area (Å²) in [7, 11) is -2.46. The van der Waals surface area contributed by atoms with Gasteiger partial charge < -0.3 is 26.4 Å². The van der Waals surface area contributed by atoms with Crippen molar-refractivity contribution in [2.45, 2.75) is 20.3 Å². The van der Waals surface area contributed by atoms with Crippen LogP contribution >= 0.6 is 0 Å². The average Bonchev–Trinajstić information content (AvgIpc) is 3.15. The van der Waals surface area contributed by atoms with Crippen molar-refractivity contribution in [2.75, 3.05) is 7.11 Å². The Morgan fingerprint density at radius 2 is 1.60 bits per heavy atom. The Hall–Kier alpha value is -4.54. The summed E-state index contributed by atoms with van der Waals surface area (Å²) < 4.78 is 54.1. The van der Waals surface area contributed by atoms with Crippen LogP contribution < -0.4 is 20.6 Å². The molecule has 0 unspecified atom stereocenters. The Kier molecular flexibility index (Phi) is 8.32. The van der Waals surface area contributed by atoms with Crippen LogP contribution in [0.3, 0.4) is 0 Å². The predicted octanol–water partition coefficient (Wildman–Crippen LogP) is 5.08. The summed E-state index contributed by atoms with van der Waals surface area (Å²) in [5.41, 5.74) is 4.94. The molecule has 6 nitrogen and oxygen atoms in total. The second-order valence-corrected chi connectivity index (χ2v) is 8.99. The van der Waals surface area contributed by atoms with Gasteiger partial charge in [0, 0.05) is 12.6 Å². The number of nitrogens with one attached hydrogen (secondary N) is 1. The second kappa shape index (κ2) is 11.7. The van der Waals surface area contributed by atoms with Crippen LogP contribution in [0.15, 0.2) is 88.1 Å². The Bertz CT molecular complexity index is 1750. The maximum Gasteiger partial charge on any atom is 0.673 e. The molecule has 1 N–H and O–H groups in total. The number of hydrogen-bond acceptors (Lipinski definition) is 3. The molecule has 0 bridgehead atoms. The lowest BCUT2D eigenvalue weighted by Crippen LogP contribution is -2.72. The van der Waals surface area contributed by atoms with Crippen LogP contribution in [-0.4, -0.2) is 23.7 Å². The van der Waals surface area contributed by atoms with E-state index in [9.17, 15) is 22.1 Å². The van der Waals surface area contributed by atoms with E-state index in [1.165, 1.54) is 5.56 Å². The molecule has 0 aliphatic heterocycles. The third-order valence-electron chi connectivity index (χ3n) is 6.43. The normalized spacial score (nSPS) is 11.8. The lowest BCUT2D eigenvalue weighted by molar-refractivity contribution is -0.402. The molecule has 0 spiro atoms. The first-order chi connectivity index (χ1) is 19.0. The summed E-state index contributed by atoms with van der Waals surface area (Å²) in [6.45, 7) is 4.07. The van der Waals surface area contributed by atoms with E-state index >= 15 is 0 Å². The molecule has 0 aliphatic rings. The number of halogens is 4. The minimum Gasteiger partial charge on any atom is -0.497 e. The maximum atomic E-state index is 13.5. The smallest absolute Gasteiger partial charge is 0.497 e. The number of methoxy groups -OCH3 is 1. The molecule has 3 aromatic carbocycles. The van der Waals surface area contributed by atoms with Crippen molar-refractivity contribution in [3.63, 3.8) is 0 Å². The fourth-order valence-corrected chi connectivity index (χ4v) is 4.30. The molecule has 0 atom stereocenters. The maximum absolute atomic E-state index is 13.5. The Morgan fingerprint density at radius 1 is 0.950 bits per heavy atom. The quantitative estimate of drug-likeness (QED) is 0.244. The molecule has 0 amide bonds. The number of benzene rings is 3. The van der Waals surface area contributed by atoms with Gasteiger partial charge in [-0.3, -0.25) is 9.48 Å². The van der Waals surface area contributed by atoms with Gasteiger partial charge in [-0.25, -0.2) is 4.68 Å². The molecule has 5 aromatic rings. The van der Waals surface area contributed by atoms with Gasteiger partial charge in [0.05, 0.1) is 24.2 Å². The van der Waals surface area contributed by atoms with E-state index in [-0.39, 0.29) is 5.56 Å². The van der Waals surface area contributed by atoms with Gasteiger partial charge >= 0.3 is 12.8 Å². The fourth-order valence-electron chi connectivity index (χ4n) is 4.30. The highest BCUT2D eigenvalue weighted by molar-refractivity contribution is 6.50. The highest BCUT2D eigenvalue weighted by Gasteiger charge is 2.22. The minimum absolute atomic E-state index is 0.109. The van der Waals surface area contributed by atoms with E-state index in [4.69, 9.17) is 9.15 Å². The van der Waals surface area contributed by atoms with Crippen molar-refractivity contribution in [3.05, 3.63) is 106 Å². The molecule has 2 aromatic heterocycles. The zero-order chi connectivity index (χ0) is 29.0. The molecule has 208 valence electrons. The summed E-state index contributed by atoms with van der Waals surface area (Å²) in [5.74, 6) is 1.48. The fraction of sp³-hybridized carbons (Fsp3) is 0.172. The zero-order valence-electron chi connectivity index (χ0n) is 22.4. The average molecular weight is 553 g/mol. The Morgan fingerprint density at radius 3 is 2.20 bits per heavy atom. The van der Waals surface area contributed by atoms with Crippen molar-refractivity contribution in [1.29, 1.82) is 0 Å². The van der Waals surface area contributed by atoms with Gasteiger partial charge in [0.1, 0.15) is 22.8 Å². The van der Waals surface area contributed by atoms with Crippen LogP contribution in [0, 0.1) is 6.92 Å². The first-order valence-corrected chi connectivity index (χ1v) is 12.5. The summed E-state index contributed by atoms with van der Waals surface area (Å²) in [6, 6.07) is 25.5. The van der Waals surface area contributed by atoms with Gasteiger partial charge in [0.25, 0.3) is 5.69 Å². The summed E-state index contributed by atoms with van der Waals surface area (Å²) >= 11 is 0. The molecule has 0 saturated carbocycles. The van der Waals surface area contributed by atoms with Gasteiger partial charge in [-0.1, -0.05) is 31.2 Å². The lowest BCUT2D eigenvalue weighted by Gasteiger charge is -2.06. The number of nitrogens with zero attached hydrogens (tertiary/aromatic N) is 2. The van der Waals surface area contributed by atoms with Crippen molar-refractivity contribution in [1.82, 2.24) is 9.36 Å². The highest BCUT2D eigenvalue weighted by atomic mass is 19.5. The molecule has 0 aliphatic carbocycles. The number of fused-ring (bicyclic) bond motifs is 1. The molecule has 0 radical (unpaired) electrons. The summed E-state index contributed by atoms with van der Waals surface area (Å²) in [5, 5.41) is 1.74. The largest absolute Gasteiger partial charge is 0.673 e. The number of rotatable bonds is 5. The second-order valence-electron chi connectivity index (χ2n) is 8.99. The van der Waals surface area contributed by atoms with Crippen LogP contribution in [-0.2, 0) is 13.5 Å². The number of aromatic nitrogens is 2. The van der Waals surface area contributed by atoms with Crippen LogP contribution in [0.2, 0.25) is 0 Å². The molecule has 5 rings (SSSR count). The van der Waals surface area contributed by atoms with Gasteiger partial charge in [-0.05, 0) is 67.4 Å². The first-order valence-electron chi connectivity index (χ1n) is 12.5. The number of hydrogen-bond donors (Lipinski definition) is 1. The van der Waals surface area contributed by atoms with Crippen molar-refractivity contribution in [3.8, 4) is 22.8 Å². The number of aryl methyl sites for hydroxylation is 1. The van der Waals surface area contributed by atoms with E-state index in [1.807, 2.05) is 85.4 Å². The minimum atomic E-state index is -6.00. The van der Waals surface area contributed by atoms with Gasteiger partial charge in [-0.2, -0.15) is 4.99 Å². The van der Waals surface area contributed by atoms with Crippen molar-refractivity contribution >= 4 is 23.9 Å². The van der Waals surface area contributed by atoms with E-state index < -0.39 is 7.25 Å². The Balaban J connectivity index is 0.000000681. The molecule has 0 saturated heterocycles. The topological polar surface area (TPSA) is 63.3 Å². The van der Waals surface area contributed by atoms with Gasteiger partial charge in [-0.15, -0.1) is 0 Å². The molecule has 0 fully saturated rings. The summed E-state index contributed by atoms with van der Waals surface area (Å²) in [6.07, 6.45) is 0.904.